The van der Waals surface area contributed by atoms with Gasteiger partial charge in [-0.2, -0.15) is 0 Å². The molecule has 1 aliphatic heterocycles. The number of nitrogens with zero attached hydrogens (tertiary/aromatic N) is 1. The van der Waals surface area contributed by atoms with Crippen LogP contribution in [0, 0.1) is 17.7 Å². The molecule has 0 aromatic heterocycles. The lowest BCUT2D eigenvalue weighted by Crippen LogP contribution is -2.60. The summed E-state index contributed by atoms with van der Waals surface area (Å²) in [5, 5.41) is 3.63. The molecule has 1 fully saturated rings. The largest absolute Gasteiger partial charge is 0.365 e. The summed E-state index contributed by atoms with van der Waals surface area (Å²) in [5.74, 6) is 0.915. The first-order chi connectivity index (χ1) is 9.40. The van der Waals surface area contributed by atoms with E-state index in [4.69, 9.17) is 0 Å². The van der Waals surface area contributed by atoms with E-state index in [1.807, 2.05) is 6.07 Å². The van der Waals surface area contributed by atoms with Crippen LogP contribution in [0.15, 0.2) is 22.7 Å². The second-order valence-corrected chi connectivity index (χ2v) is 7.18. The Labute approximate surface area is 129 Å². The number of rotatable bonds is 3. The molecule has 2 rings (SSSR count). The Morgan fingerprint density at radius 1 is 1.25 bits per heavy atom. The van der Waals surface area contributed by atoms with Crippen molar-refractivity contribution in [1.29, 1.82) is 0 Å². The molecule has 1 aromatic rings. The van der Waals surface area contributed by atoms with Crippen molar-refractivity contribution < 1.29 is 4.39 Å². The van der Waals surface area contributed by atoms with E-state index in [1.54, 1.807) is 12.1 Å². The molecular weight excluding hydrogens is 319 g/mol. The van der Waals surface area contributed by atoms with E-state index in [9.17, 15) is 4.39 Å². The average molecular weight is 343 g/mol. The zero-order chi connectivity index (χ0) is 14.9. The number of hydrogen-bond donors (Lipinski definition) is 1. The average Bonchev–Trinajstić information content (AvgIpc) is 2.41. The third-order valence-corrected chi connectivity index (χ3v) is 4.84. The number of halogens is 2. The van der Waals surface area contributed by atoms with Gasteiger partial charge in [-0.3, -0.25) is 0 Å². The van der Waals surface area contributed by atoms with Crippen LogP contribution in [0.4, 0.5) is 10.1 Å². The van der Waals surface area contributed by atoms with Crippen LogP contribution in [0.1, 0.15) is 27.7 Å². The molecule has 1 saturated heterocycles. The SMILES string of the molecule is CC(C)C1CN(c2ccc(Br)c(F)c2)C(C(C)C)CN1. The topological polar surface area (TPSA) is 15.3 Å². The maximum atomic E-state index is 13.8. The Balaban J connectivity index is 2.28. The molecule has 0 aliphatic carbocycles. The van der Waals surface area contributed by atoms with Gasteiger partial charge in [0.2, 0.25) is 0 Å². The molecule has 0 spiro atoms. The lowest BCUT2D eigenvalue weighted by atomic mass is 9.93. The van der Waals surface area contributed by atoms with Gasteiger partial charge in [-0.25, -0.2) is 4.39 Å². The Bertz CT molecular complexity index is 462. The third-order valence-electron chi connectivity index (χ3n) is 4.19. The first-order valence-corrected chi connectivity index (χ1v) is 8.14. The molecule has 2 nitrogen and oxygen atoms in total. The Kier molecular flexibility index (Phi) is 5.08. The second kappa shape index (κ2) is 6.44. The fourth-order valence-electron chi connectivity index (χ4n) is 2.80. The van der Waals surface area contributed by atoms with E-state index in [0.29, 0.717) is 28.4 Å². The van der Waals surface area contributed by atoms with Crippen LogP contribution >= 0.6 is 15.9 Å². The Morgan fingerprint density at radius 2 is 1.95 bits per heavy atom. The molecule has 1 aromatic carbocycles. The van der Waals surface area contributed by atoms with Gasteiger partial charge < -0.3 is 10.2 Å². The molecule has 0 amide bonds. The first-order valence-electron chi connectivity index (χ1n) is 7.35. The summed E-state index contributed by atoms with van der Waals surface area (Å²) in [6, 6.07) is 6.31. The van der Waals surface area contributed by atoms with Crippen LogP contribution < -0.4 is 10.2 Å². The van der Waals surface area contributed by atoms with Gasteiger partial charge in [-0.15, -0.1) is 0 Å². The highest BCUT2D eigenvalue weighted by molar-refractivity contribution is 9.10. The van der Waals surface area contributed by atoms with Crippen LogP contribution in [0.2, 0.25) is 0 Å². The third kappa shape index (κ3) is 3.34. The van der Waals surface area contributed by atoms with E-state index in [2.05, 4.69) is 53.8 Å². The van der Waals surface area contributed by atoms with Gasteiger partial charge >= 0.3 is 0 Å². The Hall–Kier alpha value is -0.610. The zero-order valence-electron chi connectivity index (χ0n) is 12.7. The Morgan fingerprint density at radius 3 is 2.50 bits per heavy atom. The molecule has 112 valence electrons. The fraction of sp³-hybridized carbons (Fsp3) is 0.625. The minimum absolute atomic E-state index is 0.190. The summed E-state index contributed by atoms with van der Waals surface area (Å²) in [4.78, 5) is 2.36. The number of hydrogen-bond acceptors (Lipinski definition) is 2. The van der Waals surface area contributed by atoms with Crippen LogP contribution in [-0.2, 0) is 0 Å². The summed E-state index contributed by atoms with van der Waals surface area (Å²) in [6.07, 6.45) is 0. The number of benzene rings is 1. The van der Waals surface area contributed by atoms with E-state index in [1.165, 1.54) is 0 Å². The quantitative estimate of drug-likeness (QED) is 0.891. The standard InChI is InChI=1S/C16H24BrFN2/c1-10(2)15-9-20(16(8-19-15)11(3)4)12-5-6-13(17)14(18)7-12/h5-7,10-11,15-16,19H,8-9H2,1-4H3. The van der Waals surface area contributed by atoms with Crippen molar-refractivity contribution in [3.05, 3.63) is 28.5 Å². The predicted molar refractivity (Wildman–Crippen MR) is 86.7 cm³/mol. The molecule has 1 N–H and O–H groups in total. The molecule has 2 atom stereocenters. The van der Waals surface area contributed by atoms with Gasteiger partial charge in [0.25, 0.3) is 0 Å². The predicted octanol–water partition coefficient (Wildman–Crippen LogP) is 4.05. The van der Waals surface area contributed by atoms with E-state index in [-0.39, 0.29) is 5.82 Å². The molecule has 1 aliphatic rings. The van der Waals surface area contributed by atoms with Crippen molar-refractivity contribution in [3.63, 3.8) is 0 Å². The molecular formula is C16H24BrFN2. The number of nitrogens with one attached hydrogen (secondary N) is 1. The van der Waals surface area contributed by atoms with Gasteiger partial charge in [0.1, 0.15) is 5.82 Å². The lowest BCUT2D eigenvalue weighted by Gasteiger charge is -2.45. The molecule has 0 bridgehead atoms. The van der Waals surface area contributed by atoms with Crippen LogP contribution in [0.25, 0.3) is 0 Å². The van der Waals surface area contributed by atoms with Crippen molar-refractivity contribution >= 4 is 21.6 Å². The number of anilines is 1. The minimum Gasteiger partial charge on any atom is -0.365 e. The summed E-state index contributed by atoms with van der Waals surface area (Å²) in [7, 11) is 0. The lowest BCUT2D eigenvalue weighted by molar-refractivity contribution is 0.295. The highest BCUT2D eigenvalue weighted by Gasteiger charge is 2.31. The highest BCUT2D eigenvalue weighted by Crippen LogP contribution is 2.28. The van der Waals surface area contributed by atoms with Crippen molar-refractivity contribution in [2.24, 2.45) is 11.8 Å². The van der Waals surface area contributed by atoms with Gasteiger partial charge in [-0.05, 0) is 46.0 Å². The van der Waals surface area contributed by atoms with Gasteiger partial charge in [0.05, 0.1) is 4.47 Å². The fourth-order valence-corrected chi connectivity index (χ4v) is 3.04. The van der Waals surface area contributed by atoms with Crippen molar-refractivity contribution in [2.45, 2.75) is 39.8 Å². The first kappa shape index (κ1) is 15.8. The molecule has 0 radical (unpaired) electrons. The second-order valence-electron chi connectivity index (χ2n) is 6.32. The highest BCUT2D eigenvalue weighted by atomic mass is 79.9. The molecule has 20 heavy (non-hydrogen) atoms. The number of piperazine rings is 1. The minimum atomic E-state index is -0.190. The van der Waals surface area contributed by atoms with Gasteiger partial charge in [0.15, 0.2) is 0 Å². The molecule has 0 saturated carbocycles. The van der Waals surface area contributed by atoms with Crippen molar-refractivity contribution in [1.82, 2.24) is 5.32 Å². The smallest absolute Gasteiger partial charge is 0.139 e. The summed E-state index contributed by atoms with van der Waals surface area (Å²) in [5.41, 5.74) is 0.983. The van der Waals surface area contributed by atoms with E-state index >= 15 is 0 Å². The van der Waals surface area contributed by atoms with E-state index in [0.717, 1.165) is 18.8 Å². The van der Waals surface area contributed by atoms with Crippen molar-refractivity contribution in [2.75, 3.05) is 18.0 Å². The van der Waals surface area contributed by atoms with Gasteiger partial charge in [0, 0.05) is 30.9 Å². The maximum Gasteiger partial charge on any atom is 0.139 e. The summed E-state index contributed by atoms with van der Waals surface area (Å²) >= 11 is 3.23. The van der Waals surface area contributed by atoms with Crippen LogP contribution in [-0.4, -0.2) is 25.2 Å². The van der Waals surface area contributed by atoms with Crippen LogP contribution in [0.5, 0.6) is 0 Å². The zero-order valence-corrected chi connectivity index (χ0v) is 14.2. The molecule has 1 heterocycles. The van der Waals surface area contributed by atoms with E-state index < -0.39 is 0 Å². The summed E-state index contributed by atoms with van der Waals surface area (Å²) < 4.78 is 14.4. The van der Waals surface area contributed by atoms with Crippen molar-refractivity contribution in [3.8, 4) is 0 Å². The summed E-state index contributed by atoms with van der Waals surface area (Å²) in [6.45, 7) is 10.8. The van der Waals surface area contributed by atoms with Gasteiger partial charge in [-0.1, -0.05) is 27.7 Å². The maximum absolute atomic E-state index is 13.8. The molecule has 2 unspecified atom stereocenters. The van der Waals surface area contributed by atoms with Crippen LogP contribution in [0.3, 0.4) is 0 Å². The normalized spacial score (nSPS) is 23.7. The monoisotopic (exact) mass is 342 g/mol. The molecule has 4 heteroatoms.